The number of hydrogen-bond acceptors (Lipinski definition) is 4. The summed E-state index contributed by atoms with van der Waals surface area (Å²) in [4.78, 5) is 0. The third-order valence-electron chi connectivity index (χ3n) is 3.78. The minimum Gasteiger partial charge on any atom is -0.497 e. The maximum Gasteiger partial charge on any atom is 0.191 e. The Labute approximate surface area is 152 Å². The molecule has 0 saturated carbocycles. The van der Waals surface area contributed by atoms with Crippen molar-refractivity contribution < 1.29 is 4.74 Å². The molecule has 0 aliphatic rings. The van der Waals surface area contributed by atoms with Gasteiger partial charge in [-0.25, -0.2) is 0 Å². The van der Waals surface area contributed by atoms with Crippen LogP contribution in [0.15, 0.2) is 65.8 Å². The highest BCUT2D eigenvalue weighted by Crippen LogP contribution is 2.26. The lowest BCUT2D eigenvalue weighted by Crippen LogP contribution is -2.00. The van der Waals surface area contributed by atoms with Crippen LogP contribution in [0.4, 0.5) is 0 Å². The minimum atomic E-state index is 0.822. The first-order chi connectivity index (χ1) is 12.3. The van der Waals surface area contributed by atoms with Gasteiger partial charge in [0.15, 0.2) is 11.0 Å². The fourth-order valence-electron chi connectivity index (χ4n) is 2.53. The Hall–Kier alpha value is -2.53. The van der Waals surface area contributed by atoms with Gasteiger partial charge in [-0.15, -0.1) is 10.2 Å². The second-order valence-corrected chi connectivity index (χ2v) is 6.39. The molecule has 0 spiro atoms. The predicted molar refractivity (Wildman–Crippen MR) is 104 cm³/mol. The molecule has 25 heavy (non-hydrogen) atoms. The van der Waals surface area contributed by atoms with Crippen LogP contribution in [0.5, 0.6) is 5.75 Å². The Bertz CT molecular complexity index is 843. The SMILES string of the molecule is CCn1c(SC/C=C/c2ccccc2)nnc1-c1cccc(OC)c1. The van der Waals surface area contributed by atoms with Gasteiger partial charge in [0.05, 0.1) is 7.11 Å². The molecule has 0 aliphatic carbocycles. The fraction of sp³-hybridized carbons (Fsp3) is 0.200. The third-order valence-corrected chi connectivity index (χ3v) is 4.70. The van der Waals surface area contributed by atoms with E-state index in [4.69, 9.17) is 4.74 Å². The topological polar surface area (TPSA) is 39.9 Å². The van der Waals surface area contributed by atoms with E-state index in [2.05, 4.69) is 46.0 Å². The quantitative estimate of drug-likeness (QED) is 0.574. The van der Waals surface area contributed by atoms with Crippen molar-refractivity contribution in [1.29, 1.82) is 0 Å². The van der Waals surface area contributed by atoms with E-state index >= 15 is 0 Å². The van der Waals surface area contributed by atoms with Crippen molar-refractivity contribution in [2.45, 2.75) is 18.6 Å². The van der Waals surface area contributed by atoms with Gasteiger partial charge in [-0.05, 0) is 24.6 Å². The number of ether oxygens (including phenoxy) is 1. The highest BCUT2D eigenvalue weighted by atomic mass is 32.2. The first-order valence-electron chi connectivity index (χ1n) is 8.24. The Morgan fingerprint density at radius 3 is 2.68 bits per heavy atom. The Kier molecular flexibility index (Phi) is 5.90. The highest BCUT2D eigenvalue weighted by molar-refractivity contribution is 7.99. The fourth-order valence-corrected chi connectivity index (χ4v) is 3.34. The summed E-state index contributed by atoms with van der Waals surface area (Å²) in [5.41, 5.74) is 2.22. The smallest absolute Gasteiger partial charge is 0.191 e. The lowest BCUT2D eigenvalue weighted by molar-refractivity contribution is 0.415. The number of methoxy groups -OCH3 is 1. The number of hydrogen-bond donors (Lipinski definition) is 0. The predicted octanol–water partition coefficient (Wildman–Crippen LogP) is 4.78. The molecule has 0 atom stereocenters. The third kappa shape index (κ3) is 4.31. The first kappa shape index (κ1) is 17.3. The van der Waals surface area contributed by atoms with Crippen LogP contribution in [0.3, 0.4) is 0 Å². The standard InChI is InChI=1S/C20H21N3OS/c1-3-23-19(17-12-7-13-18(15-17)24-2)21-22-20(23)25-14-8-11-16-9-5-4-6-10-16/h4-13,15H,3,14H2,1-2H3/b11-8+. The van der Waals surface area contributed by atoms with Crippen molar-refractivity contribution in [1.82, 2.24) is 14.8 Å². The summed E-state index contributed by atoms with van der Waals surface area (Å²) in [6.45, 7) is 2.93. The van der Waals surface area contributed by atoms with E-state index in [0.29, 0.717) is 0 Å². The lowest BCUT2D eigenvalue weighted by atomic mass is 10.2. The molecule has 1 aromatic heterocycles. The van der Waals surface area contributed by atoms with Crippen molar-refractivity contribution in [3.8, 4) is 17.1 Å². The molecule has 128 valence electrons. The van der Waals surface area contributed by atoms with E-state index < -0.39 is 0 Å². The van der Waals surface area contributed by atoms with Crippen molar-refractivity contribution in [3.05, 3.63) is 66.2 Å². The van der Waals surface area contributed by atoms with E-state index in [9.17, 15) is 0 Å². The summed E-state index contributed by atoms with van der Waals surface area (Å²) >= 11 is 1.69. The van der Waals surface area contributed by atoms with E-state index in [1.54, 1.807) is 18.9 Å². The number of aromatic nitrogens is 3. The van der Waals surface area contributed by atoms with E-state index in [1.807, 2.05) is 42.5 Å². The summed E-state index contributed by atoms with van der Waals surface area (Å²) in [6, 6.07) is 18.2. The normalized spacial score (nSPS) is 11.1. The number of nitrogens with zero attached hydrogens (tertiary/aromatic N) is 3. The van der Waals surface area contributed by atoms with Crippen molar-refractivity contribution in [2.24, 2.45) is 0 Å². The molecule has 3 aromatic rings. The lowest BCUT2D eigenvalue weighted by Gasteiger charge is -2.07. The molecule has 1 heterocycles. The molecule has 0 saturated heterocycles. The van der Waals surface area contributed by atoms with E-state index in [-0.39, 0.29) is 0 Å². The molecular weight excluding hydrogens is 330 g/mol. The molecule has 0 amide bonds. The van der Waals surface area contributed by atoms with Gasteiger partial charge in [0.25, 0.3) is 0 Å². The summed E-state index contributed by atoms with van der Waals surface area (Å²) < 4.78 is 7.44. The van der Waals surface area contributed by atoms with Crippen molar-refractivity contribution in [3.63, 3.8) is 0 Å². The zero-order valence-corrected chi connectivity index (χ0v) is 15.2. The molecule has 3 rings (SSSR count). The maximum absolute atomic E-state index is 5.31. The van der Waals surface area contributed by atoms with Crippen molar-refractivity contribution >= 4 is 17.8 Å². The summed E-state index contributed by atoms with van der Waals surface area (Å²) in [7, 11) is 1.67. The van der Waals surface area contributed by atoms with Gasteiger partial charge in [-0.2, -0.15) is 0 Å². The molecule has 0 radical (unpaired) electrons. The summed E-state index contributed by atoms with van der Waals surface area (Å²) in [5, 5.41) is 9.68. The average molecular weight is 351 g/mol. The van der Waals surface area contributed by atoms with Crippen LogP contribution in [0.1, 0.15) is 12.5 Å². The van der Waals surface area contributed by atoms with E-state index in [0.717, 1.165) is 34.6 Å². The van der Waals surface area contributed by atoms with Crippen LogP contribution in [0.2, 0.25) is 0 Å². The van der Waals surface area contributed by atoms with Gasteiger partial charge in [0, 0.05) is 17.9 Å². The van der Waals surface area contributed by atoms with Crippen LogP contribution >= 0.6 is 11.8 Å². The molecule has 0 aliphatic heterocycles. The van der Waals surface area contributed by atoms with Crippen LogP contribution in [-0.4, -0.2) is 27.6 Å². The van der Waals surface area contributed by atoms with Crippen LogP contribution in [-0.2, 0) is 6.54 Å². The Balaban J connectivity index is 1.72. The highest BCUT2D eigenvalue weighted by Gasteiger charge is 2.13. The van der Waals surface area contributed by atoms with Gasteiger partial charge in [-0.3, -0.25) is 0 Å². The summed E-state index contributed by atoms with van der Waals surface area (Å²) in [6.07, 6.45) is 4.28. The second kappa shape index (κ2) is 8.53. The molecule has 0 N–H and O–H groups in total. The molecule has 5 heteroatoms. The first-order valence-corrected chi connectivity index (χ1v) is 9.22. The zero-order valence-electron chi connectivity index (χ0n) is 14.4. The molecule has 4 nitrogen and oxygen atoms in total. The molecule has 0 fully saturated rings. The largest absolute Gasteiger partial charge is 0.497 e. The minimum absolute atomic E-state index is 0.822. The molecule has 0 bridgehead atoms. The van der Waals surface area contributed by atoms with Gasteiger partial charge in [0.2, 0.25) is 0 Å². The van der Waals surface area contributed by atoms with Gasteiger partial charge < -0.3 is 9.30 Å². The average Bonchev–Trinajstić information content (AvgIpc) is 3.09. The van der Waals surface area contributed by atoms with Crippen molar-refractivity contribution in [2.75, 3.05) is 12.9 Å². The van der Waals surface area contributed by atoms with Crippen LogP contribution < -0.4 is 4.74 Å². The molecule has 2 aromatic carbocycles. The monoisotopic (exact) mass is 351 g/mol. The van der Waals surface area contributed by atoms with Crippen LogP contribution in [0.25, 0.3) is 17.5 Å². The Morgan fingerprint density at radius 2 is 1.92 bits per heavy atom. The number of rotatable bonds is 7. The summed E-state index contributed by atoms with van der Waals surface area (Å²) in [5.74, 6) is 2.55. The number of benzene rings is 2. The second-order valence-electron chi connectivity index (χ2n) is 5.41. The van der Waals surface area contributed by atoms with Gasteiger partial charge in [0.1, 0.15) is 5.75 Å². The molecular formula is C20H21N3OS. The number of thioether (sulfide) groups is 1. The maximum atomic E-state index is 5.31. The van der Waals surface area contributed by atoms with Gasteiger partial charge in [-0.1, -0.05) is 66.4 Å². The zero-order chi connectivity index (χ0) is 17.5. The van der Waals surface area contributed by atoms with Gasteiger partial charge >= 0.3 is 0 Å². The van der Waals surface area contributed by atoms with E-state index in [1.165, 1.54) is 5.56 Å². The Morgan fingerprint density at radius 1 is 1.08 bits per heavy atom. The molecule has 0 unspecified atom stereocenters. The van der Waals surface area contributed by atoms with Crippen LogP contribution in [0, 0.1) is 0 Å².